The highest BCUT2D eigenvalue weighted by Gasteiger charge is 2.00. The van der Waals surface area contributed by atoms with Crippen LogP contribution in [-0.2, 0) is 12.8 Å². The van der Waals surface area contributed by atoms with Crippen molar-refractivity contribution in [3.05, 3.63) is 43.7 Å². The quantitative estimate of drug-likeness (QED) is 0.593. The van der Waals surface area contributed by atoms with Crippen molar-refractivity contribution < 1.29 is 0 Å². The van der Waals surface area contributed by atoms with E-state index < -0.39 is 0 Å². The van der Waals surface area contributed by atoms with Gasteiger partial charge in [-0.05, 0) is 36.9 Å². The van der Waals surface area contributed by atoms with Crippen LogP contribution in [-0.4, -0.2) is 25.6 Å². The van der Waals surface area contributed by atoms with Crippen molar-refractivity contribution in [2.75, 3.05) is 19.6 Å². The van der Waals surface area contributed by atoms with Crippen molar-refractivity contribution in [1.29, 1.82) is 0 Å². The minimum atomic E-state index is 0.806. The second-order valence-electron chi connectivity index (χ2n) is 4.47. The number of guanidine groups is 1. The van der Waals surface area contributed by atoms with Crippen LogP contribution in [0.3, 0.4) is 0 Å². The smallest absolute Gasteiger partial charge is 0.191 e. The summed E-state index contributed by atoms with van der Waals surface area (Å²) in [5.74, 6) is 0.886. The molecule has 114 valence electrons. The molecule has 2 rings (SSSR count). The molecule has 2 N–H and O–H groups in total. The summed E-state index contributed by atoms with van der Waals surface area (Å²) >= 11 is 9.35. The molecule has 2 aromatic rings. The van der Waals surface area contributed by atoms with Crippen molar-refractivity contribution in [2.24, 2.45) is 4.99 Å². The maximum Gasteiger partial charge on any atom is 0.191 e. The summed E-state index contributed by atoms with van der Waals surface area (Å²) in [5, 5.41) is 8.74. The molecule has 0 aliphatic heterocycles. The number of hydrogen-bond donors (Lipinski definition) is 2. The van der Waals surface area contributed by atoms with E-state index in [0.717, 1.165) is 42.8 Å². The molecule has 6 heteroatoms. The van der Waals surface area contributed by atoms with Gasteiger partial charge in [-0.15, -0.1) is 22.7 Å². The standard InChI is InChI=1S/C15H20ClN3S2/c1-2-17-15(18-9-7-12-4-3-11-20-12)19-10-8-13-5-6-14(16)21-13/h3-6,11H,2,7-10H2,1H3,(H2,17,18,19). The van der Waals surface area contributed by atoms with Gasteiger partial charge in [0.05, 0.1) is 4.34 Å². The largest absolute Gasteiger partial charge is 0.357 e. The number of halogens is 1. The fraction of sp³-hybridized carbons (Fsp3) is 0.400. The van der Waals surface area contributed by atoms with Gasteiger partial charge in [0, 0.05) is 35.8 Å². The highest BCUT2D eigenvalue weighted by molar-refractivity contribution is 7.16. The highest BCUT2D eigenvalue weighted by atomic mass is 35.5. The van der Waals surface area contributed by atoms with Crippen molar-refractivity contribution in [3.63, 3.8) is 0 Å². The fourth-order valence-electron chi connectivity index (χ4n) is 1.86. The molecule has 0 fully saturated rings. The number of nitrogens with zero attached hydrogens (tertiary/aromatic N) is 1. The maximum absolute atomic E-state index is 5.93. The predicted octanol–water partition coefficient (Wildman–Crippen LogP) is 3.80. The Balaban J connectivity index is 1.75. The van der Waals surface area contributed by atoms with Crippen LogP contribution in [0.25, 0.3) is 0 Å². The van der Waals surface area contributed by atoms with E-state index in [2.05, 4.69) is 46.1 Å². The first-order valence-corrected chi connectivity index (χ1v) is 9.14. The zero-order chi connectivity index (χ0) is 14.9. The minimum Gasteiger partial charge on any atom is -0.357 e. The number of aliphatic imine (C=N–C) groups is 1. The Hall–Kier alpha value is -1.04. The van der Waals surface area contributed by atoms with Gasteiger partial charge in [0.1, 0.15) is 0 Å². The summed E-state index contributed by atoms with van der Waals surface area (Å²) < 4.78 is 0.849. The summed E-state index contributed by atoms with van der Waals surface area (Å²) in [5.41, 5.74) is 0. The molecule has 2 aromatic heterocycles. The molecule has 0 radical (unpaired) electrons. The Bertz CT molecular complexity index is 549. The molecule has 21 heavy (non-hydrogen) atoms. The van der Waals surface area contributed by atoms with Crippen molar-refractivity contribution in [1.82, 2.24) is 10.6 Å². The van der Waals surface area contributed by atoms with Gasteiger partial charge in [-0.1, -0.05) is 17.7 Å². The van der Waals surface area contributed by atoms with Gasteiger partial charge in [0.2, 0.25) is 0 Å². The van der Waals surface area contributed by atoms with E-state index in [0.29, 0.717) is 0 Å². The summed E-state index contributed by atoms with van der Waals surface area (Å²) in [6.45, 7) is 4.62. The normalized spacial score (nSPS) is 11.6. The molecule has 0 spiro atoms. The number of hydrogen-bond acceptors (Lipinski definition) is 3. The molecular formula is C15H20ClN3S2. The van der Waals surface area contributed by atoms with Crippen LogP contribution in [0, 0.1) is 0 Å². The Morgan fingerprint density at radius 3 is 2.76 bits per heavy atom. The molecule has 2 heterocycles. The van der Waals surface area contributed by atoms with Crippen molar-refractivity contribution in [3.8, 4) is 0 Å². The zero-order valence-electron chi connectivity index (χ0n) is 12.1. The molecule has 0 unspecified atom stereocenters. The molecule has 3 nitrogen and oxygen atoms in total. The van der Waals surface area contributed by atoms with Gasteiger partial charge < -0.3 is 10.6 Å². The molecule has 0 aromatic carbocycles. The van der Waals surface area contributed by atoms with E-state index in [4.69, 9.17) is 11.6 Å². The molecule has 0 atom stereocenters. The molecule has 0 aliphatic carbocycles. The lowest BCUT2D eigenvalue weighted by Gasteiger charge is -2.10. The summed E-state index contributed by atoms with van der Waals surface area (Å²) in [6, 6.07) is 8.26. The maximum atomic E-state index is 5.93. The number of thiophene rings is 2. The Labute approximate surface area is 139 Å². The lowest BCUT2D eigenvalue weighted by atomic mass is 10.3. The molecule has 0 saturated heterocycles. The highest BCUT2D eigenvalue weighted by Crippen LogP contribution is 2.21. The van der Waals surface area contributed by atoms with Crippen LogP contribution in [0.5, 0.6) is 0 Å². The third-order valence-corrected chi connectivity index (χ3v) is 5.07. The first kappa shape index (κ1) is 16.3. The lowest BCUT2D eigenvalue weighted by molar-refractivity contribution is 0.802. The summed E-state index contributed by atoms with van der Waals surface area (Å²) in [6.07, 6.45) is 1.96. The van der Waals surface area contributed by atoms with Gasteiger partial charge in [-0.25, -0.2) is 0 Å². The van der Waals surface area contributed by atoms with Crippen LogP contribution in [0.4, 0.5) is 0 Å². The zero-order valence-corrected chi connectivity index (χ0v) is 14.5. The van der Waals surface area contributed by atoms with E-state index in [9.17, 15) is 0 Å². The van der Waals surface area contributed by atoms with Crippen LogP contribution < -0.4 is 10.6 Å². The van der Waals surface area contributed by atoms with Crippen molar-refractivity contribution in [2.45, 2.75) is 19.8 Å². The Kier molecular flexibility index (Phi) is 7.06. The minimum absolute atomic E-state index is 0.806. The van der Waals surface area contributed by atoms with E-state index in [1.807, 2.05) is 6.07 Å². The van der Waals surface area contributed by atoms with Crippen molar-refractivity contribution >= 4 is 40.2 Å². The van der Waals surface area contributed by atoms with E-state index in [1.165, 1.54) is 9.75 Å². The first-order valence-electron chi connectivity index (χ1n) is 7.06. The second-order valence-corrected chi connectivity index (χ2v) is 7.30. The van der Waals surface area contributed by atoms with E-state index in [1.54, 1.807) is 22.7 Å². The molecule has 0 saturated carbocycles. The van der Waals surface area contributed by atoms with Gasteiger partial charge in [0.25, 0.3) is 0 Å². The van der Waals surface area contributed by atoms with Crippen LogP contribution >= 0.6 is 34.3 Å². The van der Waals surface area contributed by atoms with E-state index in [-0.39, 0.29) is 0 Å². The molecule has 0 amide bonds. The van der Waals surface area contributed by atoms with Crippen LogP contribution in [0.15, 0.2) is 34.6 Å². The summed E-state index contributed by atoms with van der Waals surface area (Å²) in [4.78, 5) is 7.27. The summed E-state index contributed by atoms with van der Waals surface area (Å²) in [7, 11) is 0. The Morgan fingerprint density at radius 2 is 2.10 bits per heavy atom. The number of nitrogens with one attached hydrogen (secondary N) is 2. The number of rotatable bonds is 7. The molecule has 0 aliphatic rings. The third-order valence-electron chi connectivity index (χ3n) is 2.85. The monoisotopic (exact) mass is 341 g/mol. The van der Waals surface area contributed by atoms with E-state index >= 15 is 0 Å². The average Bonchev–Trinajstić information content (AvgIpc) is 3.11. The SMILES string of the molecule is CCNC(=NCCc1cccs1)NCCc1ccc(Cl)s1. The Morgan fingerprint density at radius 1 is 1.19 bits per heavy atom. The van der Waals surface area contributed by atoms with Crippen LogP contribution in [0.2, 0.25) is 4.34 Å². The fourth-order valence-corrected chi connectivity index (χ4v) is 3.65. The second kappa shape index (κ2) is 9.07. The first-order chi connectivity index (χ1) is 10.3. The molecular weight excluding hydrogens is 322 g/mol. The van der Waals surface area contributed by atoms with Gasteiger partial charge in [0.15, 0.2) is 5.96 Å². The average molecular weight is 342 g/mol. The van der Waals surface area contributed by atoms with Crippen LogP contribution in [0.1, 0.15) is 16.7 Å². The van der Waals surface area contributed by atoms with Gasteiger partial charge >= 0.3 is 0 Å². The third kappa shape index (κ3) is 6.08. The van der Waals surface area contributed by atoms with Gasteiger partial charge in [-0.3, -0.25) is 4.99 Å². The molecule has 0 bridgehead atoms. The predicted molar refractivity (Wildman–Crippen MR) is 95.0 cm³/mol. The topological polar surface area (TPSA) is 36.4 Å². The lowest BCUT2D eigenvalue weighted by Crippen LogP contribution is -2.38. The van der Waals surface area contributed by atoms with Gasteiger partial charge in [-0.2, -0.15) is 0 Å².